The quantitative estimate of drug-likeness (QED) is 0.166. The molecule has 320 valence electrons. The maximum Gasteiger partial charge on any atom is 0.149 e. The smallest absolute Gasteiger partial charge is 0.149 e. The van der Waals surface area contributed by atoms with E-state index >= 15 is 0 Å². The van der Waals surface area contributed by atoms with Crippen LogP contribution in [0.1, 0.15) is 127 Å². The average Bonchev–Trinajstić information content (AvgIpc) is 3.65. The number of rotatable bonds is 8. The van der Waals surface area contributed by atoms with Crippen LogP contribution in [0.3, 0.4) is 0 Å². The molecule has 6 aromatic carbocycles. The number of aromatic hydroxyl groups is 1. The highest BCUT2D eigenvalue weighted by Gasteiger charge is 2.27. The summed E-state index contributed by atoms with van der Waals surface area (Å²) in [6, 6.07) is 40.4. The van der Waals surface area contributed by atoms with Gasteiger partial charge >= 0.3 is 0 Å². The van der Waals surface area contributed by atoms with Gasteiger partial charge in [-0.25, -0.2) is 4.98 Å². The molecule has 4 nitrogen and oxygen atoms in total. The van der Waals surface area contributed by atoms with E-state index < -0.39 is 24.1 Å². The highest BCUT2D eigenvalue weighted by Crippen LogP contribution is 2.44. The van der Waals surface area contributed by atoms with Gasteiger partial charge in [0, 0.05) is 29.7 Å². The number of aromatic nitrogens is 3. The lowest BCUT2D eigenvalue weighted by molar-refractivity contribution is 0.448. The van der Waals surface area contributed by atoms with E-state index in [1.54, 1.807) is 6.07 Å². The van der Waals surface area contributed by atoms with Crippen LogP contribution in [-0.4, -0.2) is 19.6 Å². The normalized spacial score (nSPS) is 13.9. The number of nitrogens with zero attached hydrogens (tertiary/aromatic N) is 3. The number of phenols is 1. The van der Waals surface area contributed by atoms with Gasteiger partial charge in [0.1, 0.15) is 11.6 Å². The molecule has 0 amide bonds. The topological polar surface area (TPSA) is 50.9 Å². The standard InChI is InChI=1S/C59H63N3O/c1-35(2)43-28-44(36(3)4)30-45(29-43)41-21-22-53(39(7)27-41)62-54-16-14-15-49(55(54)61-57(62)50-25-38(6)26-51(56(50)63)59(11,12)13)46-31-47(33-48(32-46)58(8,9)10)52-34-42(23-24-60-52)40-19-17-37(5)18-20-40/h14-36,63H,1-13H3/i7D3,35D,36D. The summed E-state index contributed by atoms with van der Waals surface area (Å²) >= 11 is 0. The molecule has 4 heteroatoms. The van der Waals surface area contributed by atoms with Gasteiger partial charge in [0.2, 0.25) is 0 Å². The molecule has 0 saturated heterocycles. The predicted octanol–water partition coefficient (Wildman–Crippen LogP) is 16.2. The van der Waals surface area contributed by atoms with Crippen LogP contribution < -0.4 is 0 Å². The van der Waals surface area contributed by atoms with E-state index in [-0.39, 0.29) is 16.7 Å². The summed E-state index contributed by atoms with van der Waals surface area (Å²) in [5.74, 6) is -1.41. The molecule has 2 aromatic heterocycles. The van der Waals surface area contributed by atoms with Gasteiger partial charge in [-0.2, -0.15) is 0 Å². The van der Waals surface area contributed by atoms with Crippen molar-refractivity contribution in [1.82, 2.24) is 14.5 Å². The van der Waals surface area contributed by atoms with Crippen LogP contribution in [0.15, 0.2) is 128 Å². The first-order valence-corrected chi connectivity index (χ1v) is 21.9. The van der Waals surface area contributed by atoms with E-state index in [1.807, 2.05) is 106 Å². The Bertz CT molecular complexity index is 3190. The van der Waals surface area contributed by atoms with Gasteiger partial charge in [-0.15, -0.1) is 0 Å². The molecule has 0 aliphatic heterocycles. The van der Waals surface area contributed by atoms with E-state index in [0.29, 0.717) is 33.7 Å². The van der Waals surface area contributed by atoms with E-state index in [4.69, 9.17) is 16.8 Å². The summed E-state index contributed by atoms with van der Waals surface area (Å²) in [4.78, 5) is 10.4. The molecule has 2 heterocycles. The van der Waals surface area contributed by atoms with E-state index in [0.717, 1.165) is 66.9 Å². The highest BCUT2D eigenvalue weighted by molar-refractivity contribution is 5.97. The Morgan fingerprint density at radius 3 is 1.92 bits per heavy atom. The van der Waals surface area contributed by atoms with Crippen LogP contribution in [-0.2, 0) is 10.8 Å². The van der Waals surface area contributed by atoms with Crippen LogP contribution in [0, 0.1) is 20.7 Å². The molecule has 1 N–H and O–H groups in total. The Labute approximate surface area is 382 Å². The number of pyridine rings is 1. The second-order valence-corrected chi connectivity index (χ2v) is 19.8. The number of hydrogen-bond acceptors (Lipinski definition) is 3. The summed E-state index contributed by atoms with van der Waals surface area (Å²) in [5.41, 5.74) is 14.3. The van der Waals surface area contributed by atoms with Crippen molar-refractivity contribution in [2.24, 2.45) is 0 Å². The largest absolute Gasteiger partial charge is 0.507 e. The fourth-order valence-corrected chi connectivity index (χ4v) is 8.44. The minimum absolute atomic E-state index is 0.0881. The number of benzene rings is 6. The minimum atomic E-state index is -2.58. The zero-order chi connectivity index (χ0) is 49.5. The summed E-state index contributed by atoms with van der Waals surface area (Å²) < 4.78 is 46.9. The second-order valence-electron chi connectivity index (χ2n) is 19.8. The number of phenolic OH excluding ortho intramolecular Hbond substituents is 1. The van der Waals surface area contributed by atoms with Crippen LogP contribution in [0.2, 0.25) is 0 Å². The molecule has 0 atom stereocenters. The molecule has 0 saturated carbocycles. The Balaban J connectivity index is 1.42. The SMILES string of the molecule is [2H]C([2H])([2H])c1cc(-c2cc(C([2H])(C)C)cc(C([2H])(C)C)c2)ccc1-n1c(-c2cc(C)cc(C(C)(C)C)c2O)nc2c(-c3cc(-c4cc(-c5ccc(C)cc5)ccn4)cc(C(C)(C)C)c3)cccc21. The van der Waals surface area contributed by atoms with Crippen LogP contribution >= 0.6 is 0 Å². The molecule has 0 spiro atoms. The molecule has 8 aromatic rings. The number of para-hydroxylation sites is 1. The first-order chi connectivity index (χ1) is 31.6. The highest BCUT2D eigenvalue weighted by atomic mass is 16.3. The Morgan fingerprint density at radius 2 is 1.27 bits per heavy atom. The summed E-state index contributed by atoms with van der Waals surface area (Å²) in [5, 5.41) is 12.3. The van der Waals surface area contributed by atoms with Gasteiger partial charge in [-0.05, 0) is 147 Å². The zero-order valence-electron chi connectivity index (χ0n) is 43.9. The Kier molecular flexibility index (Phi) is 9.75. The molecule has 8 rings (SSSR count). The third kappa shape index (κ3) is 8.61. The van der Waals surface area contributed by atoms with Crippen molar-refractivity contribution in [3.63, 3.8) is 0 Å². The van der Waals surface area contributed by atoms with Crippen molar-refractivity contribution in [1.29, 1.82) is 0 Å². The van der Waals surface area contributed by atoms with E-state index in [9.17, 15) is 5.11 Å². The van der Waals surface area contributed by atoms with Gasteiger partial charge in [-0.3, -0.25) is 9.55 Å². The molecule has 0 unspecified atom stereocenters. The van der Waals surface area contributed by atoms with Gasteiger partial charge < -0.3 is 5.11 Å². The zero-order valence-corrected chi connectivity index (χ0v) is 38.9. The van der Waals surface area contributed by atoms with Crippen LogP contribution in [0.5, 0.6) is 5.75 Å². The fourth-order valence-electron chi connectivity index (χ4n) is 8.44. The lowest BCUT2D eigenvalue weighted by Crippen LogP contribution is -2.12. The monoisotopic (exact) mass is 835 g/mol. The molecular formula is C59H63N3O. The third-order valence-electron chi connectivity index (χ3n) is 12.2. The van der Waals surface area contributed by atoms with Crippen molar-refractivity contribution < 1.29 is 12.0 Å². The number of fused-ring (bicyclic) bond motifs is 1. The molecule has 0 radical (unpaired) electrons. The lowest BCUT2D eigenvalue weighted by Gasteiger charge is -2.23. The van der Waals surface area contributed by atoms with Crippen molar-refractivity contribution in [2.45, 2.75) is 113 Å². The first-order valence-electron chi connectivity index (χ1n) is 24.4. The molecule has 0 fully saturated rings. The minimum Gasteiger partial charge on any atom is -0.507 e. The number of hydrogen-bond donors (Lipinski definition) is 1. The number of aryl methyl sites for hydroxylation is 3. The van der Waals surface area contributed by atoms with Crippen LogP contribution in [0.25, 0.3) is 72.7 Å². The fraction of sp³-hybridized carbons (Fsp3) is 0.288. The van der Waals surface area contributed by atoms with Crippen molar-refractivity contribution >= 4 is 11.0 Å². The van der Waals surface area contributed by atoms with E-state index in [1.165, 1.54) is 5.56 Å². The molecule has 0 bridgehead atoms. The Hall–Kier alpha value is -6.26. The van der Waals surface area contributed by atoms with Crippen LogP contribution in [0.4, 0.5) is 0 Å². The number of imidazole rings is 1. The van der Waals surface area contributed by atoms with Crippen molar-refractivity contribution in [3.8, 4) is 67.5 Å². The predicted molar refractivity (Wildman–Crippen MR) is 267 cm³/mol. The van der Waals surface area contributed by atoms with Crippen molar-refractivity contribution in [2.75, 3.05) is 0 Å². The van der Waals surface area contributed by atoms with Crippen molar-refractivity contribution in [3.05, 3.63) is 166 Å². The maximum atomic E-state index is 12.3. The summed E-state index contributed by atoms with van der Waals surface area (Å²) in [6.45, 7) is 21.6. The maximum absolute atomic E-state index is 12.3. The molecular weight excluding hydrogens is 767 g/mol. The summed E-state index contributed by atoms with van der Waals surface area (Å²) in [7, 11) is 0. The third-order valence-corrected chi connectivity index (χ3v) is 12.2. The summed E-state index contributed by atoms with van der Waals surface area (Å²) in [6.07, 6.45) is 1.86. The lowest BCUT2D eigenvalue weighted by atomic mass is 9.83. The molecule has 0 aliphatic carbocycles. The van der Waals surface area contributed by atoms with Gasteiger partial charge in [0.15, 0.2) is 0 Å². The second kappa shape index (κ2) is 16.5. The Morgan fingerprint density at radius 1 is 0.603 bits per heavy atom. The molecule has 0 aliphatic rings. The first kappa shape index (κ1) is 37.3. The van der Waals surface area contributed by atoms with Gasteiger partial charge in [-0.1, -0.05) is 148 Å². The van der Waals surface area contributed by atoms with E-state index in [2.05, 4.69) is 103 Å². The average molecular weight is 835 g/mol. The van der Waals surface area contributed by atoms with Gasteiger partial charge in [0.05, 0.1) is 28.0 Å². The molecule has 63 heavy (non-hydrogen) atoms. The van der Waals surface area contributed by atoms with Gasteiger partial charge in [0.25, 0.3) is 0 Å².